The molecular formula is C31H29F2IN6O3. The number of methoxy groups -OCH3 is 1. The Bertz CT molecular complexity index is 1730. The van der Waals surface area contributed by atoms with Crippen LogP contribution in [0.5, 0.6) is 0 Å². The maximum absolute atomic E-state index is 15.6. The number of aliphatic imine (C=N–C) groups is 1. The number of nitrogens with one attached hydrogen (secondary N) is 2. The van der Waals surface area contributed by atoms with Crippen LogP contribution in [0.2, 0.25) is 0 Å². The zero-order valence-electron chi connectivity index (χ0n) is 23.2. The molecular weight excluding hydrogens is 669 g/mol. The summed E-state index contributed by atoms with van der Waals surface area (Å²) in [5.74, 6) is -0.948. The lowest BCUT2D eigenvalue weighted by molar-refractivity contribution is -0.137. The highest BCUT2D eigenvalue weighted by molar-refractivity contribution is 14.1. The van der Waals surface area contributed by atoms with Crippen LogP contribution in [0, 0.1) is 0 Å². The summed E-state index contributed by atoms with van der Waals surface area (Å²) in [4.78, 5) is 39.3. The molecule has 0 spiro atoms. The molecule has 2 amide bonds. The second kappa shape index (κ2) is 11.3. The van der Waals surface area contributed by atoms with Crippen molar-refractivity contribution in [2.45, 2.75) is 28.4 Å². The molecule has 1 saturated heterocycles. The van der Waals surface area contributed by atoms with Crippen LogP contribution < -0.4 is 11.1 Å². The molecule has 12 heteroatoms. The number of aromatic nitrogens is 2. The normalized spacial score (nSPS) is 22.9. The Kier molecular flexibility index (Phi) is 7.67. The van der Waals surface area contributed by atoms with E-state index in [-0.39, 0.29) is 38.5 Å². The van der Waals surface area contributed by atoms with Crippen LogP contribution in [0.4, 0.5) is 8.78 Å². The molecule has 3 atom stereocenters. The molecule has 4 N–H and O–H groups in total. The number of carbonyl (C=O) groups excluding carboxylic acids is 2. The number of aromatic amines is 1. The van der Waals surface area contributed by atoms with Gasteiger partial charge in [-0.2, -0.15) is 0 Å². The molecule has 0 radical (unpaired) electrons. The number of fused-ring (bicyclic) bond motifs is 4. The molecule has 9 nitrogen and oxygen atoms in total. The van der Waals surface area contributed by atoms with E-state index < -0.39 is 27.2 Å². The first-order valence-corrected chi connectivity index (χ1v) is 14.8. The quantitative estimate of drug-likeness (QED) is 0.111. The summed E-state index contributed by atoms with van der Waals surface area (Å²) >= 11 is 1.80. The maximum Gasteiger partial charge on any atom is 0.245 e. The number of halogens is 3. The maximum atomic E-state index is 15.6. The number of rotatable bonds is 8. The molecule has 43 heavy (non-hydrogen) atoms. The average molecular weight is 699 g/mol. The van der Waals surface area contributed by atoms with Crippen LogP contribution >= 0.6 is 22.6 Å². The number of H-pyrrole nitrogens is 1. The van der Waals surface area contributed by atoms with Gasteiger partial charge in [-0.25, -0.2) is 8.78 Å². The van der Waals surface area contributed by atoms with Gasteiger partial charge in [0.1, 0.15) is 18.4 Å². The SMILES string of the molecule is COC[C@@]1(F)C[C@@H](C(=O)NCc2cc3cnccc3[nH]2)N(C(=O)CN=C(N)c2ccc3c(c2)-c2ccccc2C3(F)I)C1. The van der Waals surface area contributed by atoms with Crippen molar-refractivity contribution in [1.82, 2.24) is 20.2 Å². The second-order valence-electron chi connectivity index (χ2n) is 10.9. The Morgan fingerprint density at radius 1 is 1.19 bits per heavy atom. The van der Waals surface area contributed by atoms with Gasteiger partial charge < -0.3 is 25.7 Å². The van der Waals surface area contributed by atoms with Gasteiger partial charge in [-0.1, -0.05) is 36.4 Å². The van der Waals surface area contributed by atoms with Crippen molar-refractivity contribution in [2.75, 3.05) is 26.8 Å². The molecule has 2 aliphatic rings. The number of amides is 2. The zero-order valence-corrected chi connectivity index (χ0v) is 25.4. The Hall–Kier alpha value is -3.91. The van der Waals surface area contributed by atoms with Crippen molar-refractivity contribution in [3.63, 3.8) is 0 Å². The van der Waals surface area contributed by atoms with Gasteiger partial charge in [-0.15, -0.1) is 0 Å². The fourth-order valence-corrected chi connectivity index (χ4v) is 6.84. The van der Waals surface area contributed by atoms with Gasteiger partial charge in [0.25, 0.3) is 0 Å². The number of nitrogens with zero attached hydrogens (tertiary/aromatic N) is 3. The van der Waals surface area contributed by atoms with E-state index in [4.69, 9.17) is 10.5 Å². The molecule has 2 aromatic carbocycles. The van der Waals surface area contributed by atoms with Gasteiger partial charge in [0.2, 0.25) is 15.5 Å². The molecule has 1 unspecified atom stereocenters. The number of amidine groups is 1. The molecule has 1 aliphatic carbocycles. The first-order valence-electron chi connectivity index (χ1n) is 13.7. The highest BCUT2D eigenvalue weighted by atomic mass is 127. The third kappa shape index (κ3) is 5.49. The van der Waals surface area contributed by atoms with Gasteiger partial charge in [-0.3, -0.25) is 19.6 Å². The van der Waals surface area contributed by atoms with E-state index in [2.05, 4.69) is 20.3 Å². The predicted octanol–water partition coefficient (Wildman–Crippen LogP) is 4.13. The van der Waals surface area contributed by atoms with E-state index in [0.717, 1.165) is 22.2 Å². The minimum atomic E-state index is -1.89. The summed E-state index contributed by atoms with van der Waals surface area (Å²) in [5, 5.41) is 3.71. The molecule has 1 fully saturated rings. The first-order chi connectivity index (χ1) is 20.6. The van der Waals surface area contributed by atoms with Crippen LogP contribution in [0.1, 0.15) is 28.8 Å². The van der Waals surface area contributed by atoms with Crippen molar-refractivity contribution in [3.8, 4) is 11.1 Å². The minimum absolute atomic E-state index is 0.0790. The topological polar surface area (TPSA) is 126 Å². The lowest BCUT2D eigenvalue weighted by Crippen LogP contribution is -2.46. The first kappa shape index (κ1) is 29.2. The van der Waals surface area contributed by atoms with Crippen LogP contribution in [0.25, 0.3) is 22.0 Å². The van der Waals surface area contributed by atoms with Crippen molar-refractivity contribution < 1.29 is 23.1 Å². The second-order valence-corrected chi connectivity index (χ2v) is 12.4. The standard InChI is InChI=1S/C31H29F2IN6O3/c1-43-17-30(32)12-26(29(42)38-14-20-10-19-13-36-9-8-25(19)39-20)40(16-30)27(41)15-37-28(35)18-6-7-24-22(11-18)21-4-2-3-5-23(21)31(24,33)34/h2-11,13,26,39H,12,14-17H2,1H3,(H2,35,37)(H,38,42)/t26-,30+,31?/m0/s1. The van der Waals surface area contributed by atoms with Gasteiger partial charge in [0.05, 0.1) is 19.7 Å². The number of nitrogens with two attached hydrogens (primary N) is 1. The van der Waals surface area contributed by atoms with E-state index in [9.17, 15) is 9.59 Å². The van der Waals surface area contributed by atoms with Crippen molar-refractivity contribution >= 4 is 51.1 Å². The fraction of sp³-hybridized carbons (Fsp3) is 0.290. The number of carbonyl (C=O) groups is 2. The molecule has 3 heterocycles. The Balaban J connectivity index is 1.17. The summed E-state index contributed by atoms with van der Waals surface area (Å²) in [6.07, 6.45) is 3.17. The molecule has 6 rings (SSSR count). The fourth-order valence-electron chi connectivity index (χ4n) is 5.90. The van der Waals surface area contributed by atoms with Crippen LogP contribution in [0.3, 0.4) is 0 Å². The lowest BCUT2D eigenvalue weighted by Gasteiger charge is -2.23. The van der Waals surface area contributed by atoms with E-state index in [0.29, 0.717) is 22.3 Å². The summed E-state index contributed by atoms with van der Waals surface area (Å²) in [6.45, 7) is -0.792. The highest BCUT2D eigenvalue weighted by Crippen LogP contribution is 2.54. The Labute approximate surface area is 260 Å². The average Bonchev–Trinajstić information content (AvgIpc) is 3.65. The van der Waals surface area contributed by atoms with E-state index in [1.165, 1.54) is 12.0 Å². The van der Waals surface area contributed by atoms with E-state index in [1.807, 2.05) is 24.3 Å². The Morgan fingerprint density at radius 2 is 1.98 bits per heavy atom. The third-order valence-corrected chi connectivity index (χ3v) is 9.10. The number of pyridine rings is 1. The minimum Gasteiger partial charge on any atom is -0.383 e. The largest absolute Gasteiger partial charge is 0.383 e. The number of alkyl halides is 3. The summed E-state index contributed by atoms with van der Waals surface area (Å²) in [6, 6.07) is 15.0. The summed E-state index contributed by atoms with van der Waals surface area (Å²) < 4.78 is 34.6. The monoisotopic (exact) mass is 698 g/mol. The number of hydrogen-bond acceptors (Lipinski definition) is 5. The van der Waals surface area contributed by atoms with E-state index >= 15 is 8.78 Å². The van der Waals surface area contributed by atoms with Gasteiger partial charge in [0, 0.05) is 59.2 Å². The van der Waals surface area contributed by atoms with E-state index in [1.54, 1.807) is 65.3 Å². The smallest absolute Gasteiger partial charge is 0.245 e. The number of hydrogen-bond donors (Lipinski definition) is 3. The summed E-state index contributed by atoms with van der Waals surface area (Å²) in [7, 11) is 1.37. The molecule has 0 bridgehead atoms. The highest BCUT2D eigenvalue weighted by Gasteiger charge is 2.49. The number of likely N-dealkylation sites (tertiary alicyclic amines) is 1. The molecule has 4 aromatic rings. The molecule has 2 aromatic heterocycles. The third-order valence-electron chi connectivity index (χ3n) is 7.94. The lowest BCUT2D eigenvalue weighted by atomic mass is 10.0. The van der Waals surface area contributed by atoms with Gasteiger partial charge >= 0.3 is 0 Å². The van der Waals surface area contributed by atoms with Gasteiger partial charge in [0.15, 0.2) is 5.67 Å². The van der Waals surface area contributed by atoms with Crippen molar-refractivity contribution in [3.05, 3.63) is 89.4 Å². The number of benzene rings is 2. The molecule has 0 saturated carbocycles. The van der Waals surface area contributed by atoms with Crippen LogP contribution in [-0.2, 0) is 24.5 Å². The van der Waals surface area contributed by atoms with Gasteiger partial charge in [-0.05, 0) is 51.9 Å². The number of ether oxygens (including phenoxy) is 1. The molecule has 1 aliphatic heterocycles. The van der Waals surface area contributed by atoms with Crippen molar-refractivity contribution in [1.29, 1.82) is 0 Å². The van der Waals surface area contributed by atoms with Crippen molar-refractivity contribution in [2.24, 2.45) is 10.7 Å². The van der Waals surface area contributed by atoms with Crippen LogP contribution in [0.15, 0.2) is 72.0 Å². The predicted molar refractivity (Wildman–Crippen MR) is 167 cm³/mol. The Morgan fingerprint density at radius 3 is 2.77 bits per heavy atom. The zero-order chi connectivity index (χ0) is 30.4. The van der Waals surface area contributed by atoms with Crippen LogP contribution in [-0.4, -0.2) is 71.0 Å². The molecule has 222 valence electrons. The summed E-state index contributed by atoms with van der Waals surface area (Å²) in [5.41, 5.74) is 9.10.